The van der Waals surface area contributed by atoms with Gasteiger partial charge in [-0.15, -0.1) is 0 Å². The lowest BCUT2D eigenvalue weighted by Crippen LogP contribution is -2.38. The molecule has 1 aliphatic rings. The maximum absolute atomic E-state index is 9.16. The highest BCUT2D eigenvalue weighted by molar-refractivity contribution is 7.71. The van der Waals surface area contributed by atoms with Crippen molar-refractivity contribution in [3.8, 4) is 0 Å². The Morgan fingerprint density at radius 3 is 3.06 bits per heavy atom. The zero-order valence-electron chi connectivity index (χ0n) is 9.54. The van der Waals surface area contributed by atoms with Gasteiger partial charge in [-0.2, -0.15) is 5.10 Å². The predicted molar refractivity (Wildman–Crippen MR) is 63.4 cm³/mol. The van der Waals surface area contributed by atoms with Crippen LogP contribution < -0.4 is 0 Å². The highest BCUT2D eigenvalue weighted by Gasteiger charge is 2.19. The van der Waals surface area contributed by atoms with Gasteiger partial charge in [-0.3, -0.25) is 4.90 Å². The van der Waals surface area contributed by atoms with Crippen molar-refractivity contribution in [2.45, 2.75) is 19.5 Å². The Hall–Kier alpha value is -0.720. The van der Waals surface area contributed by atoms with Crippen LogP contribution in [0.5, 0.6) is 0 Å². The average molecular weight is 242 g/mol. The molecule has 0 radical (unpaired) electrons. The monoisotopic (exact) mass is 242 g/mol. The van der Waals surface area contributed by atoms with Crippen molar-refractivity contribution >= 4 is 12.2 Å². The van der Waals surface area contributed by atoms with Gasteiger partial charge >= 0.3 is 0 Å². The summed E-state index contributed by atoms with van der Waals surface area (Å²) in [7, 11) is 1.90. The molecular weight excluding hydrogens is 224 g/mol. The number of aromatic nitrogens is 3. The first-order valence-corrected chi connectivity index (χ1v) is 6.03. The molecule has 0 aliphatic carbocycles. The molecule has 1 fully saturated rings. The van der Waals surface area contributed by atoms with E-state index in [9.17, 15) is 0 Å². The van der Waals surface area contributed by atoms with E-state index in [0.29, 0.717) is 5.92 Å². The van der Waals surface area contributed by atoms with Gasteiger partial charge < -0.3 is 9.67 Å². The molecule has 2 heterocycles. The van der Waals surface area contributed by atoms with Crippen LogP contribution in [0.25, 0.3) is 0 Å². The van der Waals surface area contributed by atoms with Crippen LogP contribution in [0.4, 0.5) is 0 Å². The van der Waals surface area contributed by atoms with Crippen molar-refractivity contribution in [2.24, 2.45) is 13.0 Å². The summed E-state index contributed by atoms with van der Waals surface area (Å²) >= 11 is 5.24. The third-order valence-corrected chi connectivity index (χ3v) is 3.58. The van der Waals surface area contributed by atoms with E-state index in [1.807, 2.05) is 16.3 Å². The largest absolute Gasteiger partial charge is 0.396 e. The van der Waals surface area contributed by atoms with Gasteiger partial charge in [-0.1, -0.05) is 0 Å². The molecule has 6 heteroatoms. The van der Waals surface area contributed by atoms with Gasteiger partial charge in [-0.05, 0) is 37.5 Å². The lowest BCUT2D eigenvalue weighted by atomic mass is 10.00. The van der Waals surface area contributed by atoms with E-state index in [2.05, 4.69) is 10.00 Å². The Bertz CT molecular complexity index is 400. The lowest BCUT2D eigenvalue weighted by molar-refractivity contribution is 0.0938. The Balaban J connectivity index is 1.99. The highest BCUT2D eigenvalue weighted by atomic mass is 32.1. The highest BCUT2D eigenvalue weighted by Crippen LogP contribution is 2.16. The van der Waals surface area contributed by atoms with Crippen molar-refractivity contribution < 1.29 is 5.11 Å². The minimum absolute atomic E-state index is 0.282. The second-order valence-electron chi connectivity index (χ2n) is 4.43. The molecule has 1 N–H and O–H groups in total. The molecule has 5 nitrogen and oxygen atoms in total. The fourth-order valence-electron chi connectivity index (χ4n) is 2.14. The number of likely N-dealkylation sites (tertiary alicyclic amines) is 1. The fourth-order valence-corrected chi connectivity index (χ4v) is 2.29. The van der Waals surface area contributed by atoms with Gasteiger partial charge in [-0.25, -0.2) is 4.68 Å². The summed E-state index contributed by atoms with van der Waals surface area (Å²) in [4.78, 5) is 2.30. The molecule has 1 aromatic heterocycles. The van der Waals surface area contributed by atoms with Crippen LogP contribution in [0.15, 0.2) is 6.33 Å². The van der Waals surface area contributed by atoms with Crippen LogP contribution in [0.2, 0.25) is 0 Å². The standard InChI is InChI=1S/C10H18N4OS/c1-12-7-11-14(10(12)16)8-13-4-2-3-9(5-13)6-15/h7,9,15H,2-6,8H2,1H3. The van der Waals surface area contributed by atoms with E-state index in [1.54, 1.807) is 6.33 Å². The molecule has 0 bridgehead atoms. The summed E-state index contributed by atoms with van der Waals surface area (Å²) in [5, 5.41) is 13.4. The number of hydrogen-bond donors (Lipinski definition) is 1. The Morgan fingerprint density at radius 1 is 1.62 bits per heavy atom. The van der Waals surface area contributed by atoms with E-state index < -0.39 is 0 Å². The van der Waals surface area contributed by atoms with Crippen molar-refractivity contribution in [3.63, 3.8) is 0 Å². The van der Waals surface area contributed by atoms with E-state index in [0.717, 1.165) is 37.4 Å². The third kappa shape index (κ3) is 2.50. The summed E-state index contributed by atoms with van der Waals surface area (Å²) < 4.78 is 4.41. The van der Waals surface area contributed by atoms with Crippen molar-refractivity contribution in [1.29, 1.82) is 0 Å². The normalized spacial score (nSPS) is 22.5. The average Bonchev–Trinajstić information content (AvgIpc) is 2.61. The Kier molecular flexibility index (Phi) is 3.73. The minimum Gasteiger partial charge on any atom is -0.396 e. The summed E-state index contributed by atoms with van der Waals surface area (Å²) in [6.07, 6.45) is 4.00. The van der Waals surface area contributed by atoms with Crippen LogP contribution in [0.3, 0.4) is 0 Å². The summed E-state index contributed by atoms with van der Waals surface area (Å²) in [6.45, 7) is 3.02. The molecule has 1 saturated heterocycles. The van der Waals surface area contributed by atoms with Crippen LogP contribution >= 0.6 is 12.2 Å². The second kappa shape index (κ2) is 5.07. The van der Waals surface area contributed by atoms with Crippen molar-refractivity contribution in [3.05, 3.63) is 11.1 Å². The number of aryl methyl sites for hydroxylation is 1. The number of aliphatic hydroxyl groups excluding tert-OH is 1. The van der Waals surface area contributed by atoms with E-state index in [-0.39, 0.29) is 6.61 Å². The molecule has 1 unspecified atom stereocenters. The van der Waals surface area contributed by atoms with E-state index in [4.69, 9.17) is 17.3 Å². The number of hydrogen-bond acceptors (Lipinski definition) is 4. The smallest absolute Gasteiger partial charge is 0.198 e. The summed E-state index contributed by atoms with van der Waals surface area (Å²) in [5.41, 5.74) is 0. The molecule has 0 saturated carbocycles. The van der Waals surface area contributed by atoms with Gasteiger partial charge in [0.05, 0.1) is 6.67 Å². The van der Waals surface area contributed by atoms with Gasteiger partial charge in [0.25, 0.3) is 0 Å². The number of rotatable bonds is 3. The number of nitrogens with zero attached hydrogens (tertiary/aromatic N) is 4. The van der Waals surface area contributed by atoms with Crippen molar-refractivity contribution in [2.75, 3.05) is 19.7 Å². The van der Waals surface area contributed by atoms with Crippen LogP contribution in [-0.2, 0) is 13.7 Å². The van der Waals surface area contributed by atoms with Gasteiger partial charge in [0.15, 0.2) is 4.77 Å². The second-order valence-corrected chi connectivity index (χ2v) is 4.80. The topological polar surface area (TPSA) is 46.2 Å². The number of aliphatic hydroxyl groups is 1. The van der Waals surface area contributed by atoms with Crippen LogP contribution in [0.1, 0.15) is 12.8 Å². The van der Waals surface area contributed by atoms with E-state index in [1.165, 1.54) is 0 Å². The molecule has 1 aromatic rings. The molecule has 1 atom stereocenters. The fraction of sp³-hybridized carbons (Fsp3) is 0.800. The maximum atomic E-state index is 9.16. The summed E-state index contributed by atoms with van der Waals surface area (Å²) in [5.74, 6) is 0.409. The molecule has 90 valence electrons. The quantitative estimate of drug-likeness (QED) is 0.789. The lowest BCUT2D eigenvalue weighted by Gasteiger charge is -2.31. The van der Waals surface area contributed by atoms with Gasteiger partial charge in [0.1, 0.15) is 6.33 Å². The number of piperidine rings is 1. The molecular formula is C10H18N4OS. The molecule has 0 spiro atoms. The zero-order valence-corrected chi connectivity index (χ0v) is 10.4. The first-order chi connectivity index (χ1) is 7.70. The predicted octanol–water partition coefficient (Wildman–Crippen LogP) is 0.613. The first-order valence-electron chi connectivity index (χ1n) is 5.62. The van der Waals surface area contributed by atoms with Crippen molar-refractivity contribution in [1.82, 2.24) is 19.2 Å². The maximum Gasteiger partial charge on any atom is 0.198 e. The Labute approximate surface area is 100 Å². The molecule has 2 rings (SSSR count). The minimum atomic E-state index is 0.282. The molecule has 0 amide bonds. The Morgan fingerprint density at radius 2 is 2.44 bits per heavy atom. The first kappa shape index (κ1) is 11.8. The van der Waals surface area contributed by atoms with E-state index >= 15 is 0 Å². The molecule has 16 heavy (non-hydrogen) atoms. The SMILES string of the molecule is Cn1cnn(CN2CCCC(CO)C2)c1=S. The summed E-state index contributed by atoms with van der Waals surface area (Å²) in [6, 6.07) is 0. The van der Waals surface area contributed by atoms with Crippen LogP contribution in [0, 0.1) is 10.7 Å². The van der Waals surface area contributed by atoms with Crippen LogP contribution in [-0.4, -0.2) is 44.1 Å². The van der Waals surface area contributed by atoms with Gasteiger partial charge in [0.2, 0.25) is 0 Å². The molecule has 1 aliphatic heterocycles. The molecule has 0 aromatic carbocycles. The zero-order chi connectivity index (χ0) is 11.5. The van der Waals surface area contributed by atoms with Gasteiger partial charge in [0, 0.05) is 20.2 Å². The third-order valence-electron chi connectivity index (χ3n) is 3.08.